The smallest absolute Gasteiger partial charge is 0.0790 e. The Morgan fingerprint density at radius 1 is 1.31 bits per heavy atom. The minimum atomic E-state index is 0.640. The summed E-state index contributed by atoms with van der Waals surface area (Å²) in [7, 11) is 0. The molecule has 0 atom stereocenters. The predicted octanol–water partition coefficient (Wildman–Crippen LogP) is 3.83. The third-order valence-corrected chi connectivity index (χ3v) is 2.37. The molecule has 0 radical (unpaired) electrons. The normalized spacial score (nSPS) is 10.9. The summed E-state index contributed by atoms with van der Waals surface area (Å²) in [6.45, 7) is 1.97. The van der Waals surface area contributed by atoms with Gasteiger partial charge >= 0.3 is 0 Å². The van der Waals surface area contributed by atoms with Crippen LogP contribution in [0.4, 0.5) is 0 Å². The summed E-state index contributed by atoms with van der Waals surface area (Å²) in [5, 5.41) is 0.640. The third-order valence-electron chi connectivity index (χ3n) is 2.17. The molecular formula is C13H11ClN2. The van der Waals surface area contributed by atoms with E-state index in [9.17, 15) is 0 Å². The van der Waals surface area contributed by atoms with Crippen LogP contribution in [0, 0.1) is 0 Å². The van der Waals surface area contributed by atoms with E-state index in [2.05, 4.69) is 9.97 Å². The van der Waals surface area contributed by atoms with Gasteiger partial charge in [0.1, 0.15) is 0 Å². The molecule has 0 aliphatic rings. The van der Waals surface area contributed by atoms with E-state index in [1.54, 1.807) is 18.6 Å². The molecule has 0 N–H and O–H groups in total. The average Bonchev–Trinajstić information content (AvgIpc) is 2.31. The first-order valence-corrected chi connectivity index (χ1v) is 5.37. The zero-order chi connectivity index (χ0) is 11.4. The highest BCUT2D eigenvalue weighted by molar-refractivity contribution is 6.30. The molecule has 0 saturated heterocycles. The Morgan fingerprint density at radius 2 is 2.19 bits per heavy atom. The number of hydrogen-bond acceptors (Lipinski definition) is 2. The highest BCUT2D eigenvalue weighted by Crippen LogP contribution is 2.24. The topological polar surface area (TPSA) is 25.8 Å². The fraction of sp³-hybridized carbons (Fsp3) is 0.0769. The van der Waals surface area contributed by atoms with Crippen LogP contribution in [-0.4, -0.2) is 9.97 Å². The van der Waals surface area contributed by atoms with Crippen LogP contribution < -0.4 is 0 Å². The molecular weight excluding hydrogens is 220 g/mol. The third kappa shape index (κ3) is 2.28. The molecule has 0 fully saturated rings. The second-order valence-corrected chi connectivity index (χ2v) is 3.77. The zero-order valence-corrected chi connectivity index (χ0v) is 9.65. The lowest BCUT2D eigenvalue weighted by atomic mass is 10.1. The monoisotopic (exact) mass is 230 g/mol. The van der Waals surface area contributed by atoms with Crippen LogP contribution in [0.5, 0.6) is 0 Å². The van der Waals surface area contributed by atoms with Crippen molar-refractivity contribution in [3.63, 3.8) is 0 Å². The molecule has 16 heavy (non-hydrogen) atoms. The Kier molecular flexibility index (Phi) is 3.32. The van der Waals surface area contributed by atoms with Gasteiger partial charge in [0.25, 0.3) is 0 Å². The molecule has 0 spiro atoms. The number of nitrogens with zero attached hydrogens (tertiary/aromatic N) is 2. The second-order valence-electron chi connectivity index (χ2n) is 3.33. The largest absolute Gasteiger partial charge is 0.264 e. The van der Waals surface area contributed by atoms with Gasteiger partial charge in [-0.2, -0.15) is 0 Å². The van der Waals surface area contributed by atoms with Gasteiger partial charge in [0.05, 0.1) is 10.7 Å². The summed E-state index contributed by atoms with van der Waals surface area (Å²) in [5.41, 5.74) is 2.89. The first-order valence-electron chi connectivity index (χ1n) is 5.00. The van der Waals surface area contributed by atoms with Crippen LogP contribution in [-0.2, 0) is 0 Å². The maximum Gasteiger partial charge on any atom is 0.0790 e. The fourth-order valence-corrected chi connectivity index (χ4v) is 1.67. The van der Waals surface area contributed by atoms with Gasteiger partial charge in [-0.25, -0.2) is 0 Å². The van der Waals surface area contributed by atoms with Crippen LogP contribution in [0.2, 0.25) is 5.02 Å². The maximum absolute atomic E-state index is 5.93. The Labute approximate surface area is 99.6 Å². The van der Waals surface area contributed by atoms with Crippen LogP contribution in [0.3, 0.4) is 0 Å². The molecule has 0 bridgehead atoms. The predicted molar refractivity (Wildman–Crippen MR) is 67.2 cm³/mol. The van der Waals surface area contributed by atoms with Crippen molar-refractivity contribution in [1.29, 1.82) is 0 Å². The number of hydrogen-bond donors (Lipinski definition) is 0. The van der Waals surface area contributed by atoms with Gasteiger partial charge in [-0.05, 0) is 25.1 Å². The number of halogens is 1. The lowest BCUT2D eigenvalue weighted by Gasteiger charge is -2.05. The van der Waals surface area contributed by atoms with Crippen molar-refractivity contribution >= 4 is 17.7 Å². The van der Waals surface area contributed by atoms with Crippen molar-refractivity contribution in [1.82, 2.24) is 9.97 Å². The van der Waals surface area contributed by atoms with E-state index in [0.29, 0.717) is 5.02 Å². The number of rotatable bonds is 2. The van der Waals surface area contributed by atoms with Gasteiger partial charge < -0.3 is 0 Å². The Bertz CT molecular complexity index is 507. The fourth-order valence-electron chi connectivity index (χ4n) is 1.51. The van der Waals surface area contributed by atoms with E-state index in [1.165, 1.54) is 0 Å². The summed E-state index contributed by atoms with van der Waals surface area (Å²) in [6, 6.07) is 5.78. The van der Waals surface area contributed by atoms with E-state index in [4.69, 9.17) is 11.6 Å². The van der Waals surface area contributed by atoms with Gasteiger partial charge in [-0.15, -0.1) is 0 Å². The second kappa shape index (κ2) is 4.90. The van der Waals surface area contributed by atoms with Crippen LogP contribution in [0.15, 0.2) is 42.9 Å². The molecule has 0 amide bonds. The summed E-state index contributed by atoms with van der Waals surface area (Å²) in [6.07, 6.45) is 9.14. The molecule has 0 saturated carbocycles. The van der Waals surface area contributed by atoms with Crippen molar-refractivity contribution < 1.29 is 0 Å². The number of aromatic nitrogens is 2. The van der Waals surface area contributed by atoms with E-state index in [1.807, 2.05) is 37.3 Å². The van der Waals surface area contributed by atoms with E-state index >= 15 is 0 Å². The standard InChI is InChI=1S/C13H11ClN2/c1-2-4-10-7-12(14)9-16-13(10)11-5-3-6-15-8-11/h2-9H,1H3. The van der Waals surface area contributed by atoms with Gasteiger partial charge in [0.15, 0.2) is 0 Å². The molecule has 2 rings (SSSR count). The molecule has 80 valence electrons. The first kappa shape index (κ1) is 10.8. The van der Waals surface area contributed by atoms with Crippen LogP contribution >= 0.6 is 11.6 Å². The highest BCUT2D eigenvalue weighted by Gasteiger charge is 2.04. The Morgan fingerprint density at radius 3 is 2.88 bits per heavy atom. The van der Waals surface area contributed by atoms with Crippen molar-refractivity contribution in [2.24, 2.45) is 0 Å². The van der Waals surface area contributed by atoms with Crippen molar-refractivity contribution in [2.45, 2.75) is 6.92 Å². The average molecular weight is 231 g/mol. The van der Waals surface area contributed by atoms with E-state index in [-0.39, 0.29) is 0 Å². The first-order chi connectivity index (χ1) is 7.81. The van der Waals surface area contributed by atoms with Gasteiger partial charge in [-0.1, -0.05) is 23.8 Å². The quantitative estimate of drug-likeness (QED) is 0.784. The highest BCUT2D eigenvalue weighted by atomic mass is 35.5. The van der Waals surface area contributed by atoms with Crippen molar-refractivity contribution in [3.05, 3.63) is 53.5 Å². The van der Waals surface area contributed by atoms with E-state index < -0.39 is 0 Å². The van der Waals surface area contributed by atoms with Gasteiger partial charge in [0, 0.05) is 29.7 Å². The summed E-state index contributed by atoms with van der Waals surface area (Å²) in [4.78, 5) is 8.43. The summed E-state index contributed by atoms with van der Waals surface area (Å²) < 4.78 is 0. The van der Waals surface area contributed by atoms with Crippen molar-refractivity contribution in [3.8, 4) is 11.3 Å². The van der Waals surface area contributed by atoms with Crippen LogP contribution in [0.1, 0.15) is 12.5 Å². The number of allylic oxidation sites excluding steroid dienone is 1. The molecule has 2 heterocycles. The lowest BCUT2D eigenvalue weighted by Crippen LogP contribution is -1.88. The molecule has 2 nitrogen and oxygen atoms in total. The minimum absolute atomic E-state index is 0.640. The zero-order valence-electron chi connectivity index (χ0n) is 8.89. The molecule has 2 aromatic heterocycles. The Hall–Kier alpha value is -1.67. The molecule has 0 aromatic carbocycles. The lowest BCUT2D eigenvalue weighted by molar-refractivity contribution is 1.27. The summed E-state index contributed by atoms with van der Waals surface area (Å²) >= 11 is 5.93. The molecule has 0 aliphatic carbocycles. The minimum Gasteiger partial charge on any atom is -0.264 e. The maximum atomic E-state index is 5.93. The Balaban J connectivity index is 2.56. The summed E-state index contributed by atoms with van der Waals surface area (Å²) in [5.74, 6) is 0. The molecule has 0 aliphatic heterocycles. The van der Waals surface area contributed by atoms with Crippen molar-refractivity contribution in [2.75, 3.05) is 0 Å². The SMILES string of the molecule is CC=Cc1cc(Cl)cnc1-c1cccnc1. The van der Waals surface area contributed by atoms with Gasteiger partial charge in [-0.3, -0.25) is 9.97 Å². The molecule has 3 heteroatoms. The van der Waals surface area contributed by atoms with Crippen LogP contribution in [0.25, 0.3) is 17.3 Å². The molecule has 2 aromatic rings. The molecule has 0 unspecified atom stereocenters. The van der Waals surface area contributed by atoms with Gasteiger partial charge in [0.2, 0.25) is 0 Å². The number of pyridine rings is 2. The van der Waals surface area contributed by atoms with E-state index in [0.717, 1.165) is 16.8 Å².